The van der Waals surface area contributed by atoms with Gasteiger partial charge in [0.1, 0.15) is 11.7 Å². The van der Waals surface area contributed by atoms with Crippen LogP contribution >= 0.6 is 0 Å². The normalized spacial score (nSPS) is 43.4. The minimum atomic E-state index is -1.64. The van der Waals surface area contributed by atoms with Crippen LogP contribution in [-0.4, -0.2) is 56.6 Å². The Kier molecular flexibility index (Phi) is 3.78. The zero-order chi connectivity index (χ0) is 16.9. The second-order valence-corrected chi connectivity index (χ2v) is 6.90. The largest absolute Gasteiger partial charge is 0.453 e. The summed E-state index contributed by atoms with van der Waals surface area (Å²) in [6.07, 6.45) is 4.33. The highest BCUT2D eigenvalue weighted by Crippen LogP contribution is 2.54. The first kappa shape index (κ1) is 16.4. The molecule has 2 saturated heterocycles. The fourth-order valence-corrected chi connectivity index (χ4v) is 4.19. The number of esters is 1. The predicted octanol–water partition coefficient (Wildman–Crippen LogP) is -0.609. The third-order valence-corrected chi connectivity index (χ3v) is 5.60. The Morgan fingerprint density at radius 2 is 2.22 bits per heavy atom. The SMILES string of the molecule is C[C@@]12OC(=O)[C@]1([C@H](O)[C@]1(O)C=CCCC1)NC(=O)[C@@H]2CCCO. The fourth-order valence-electron chi connectivity index (χ4n) is 4.19. The quantitative estimate of drug-likeness (QED) is 0.396. The maximum Gasteiger partial charge on any atom is 0.339 e. The Hall–Kier alpha value is -1.44. The van der Waals surface area contributed by atoms with Crippen molar-refractivity contribution in [3.8, 4) is 0 Å². The van der Waals surface area contributed by atoms with Crippen LogP contribution in [0.15, 0.2) is 12.2 Å². The zero-order valence-corrected chi connectivity index (χ0v) is 13.1. The lowest BCUT2D eigenvalue weighted by Gasteiger charge is -2.56. The Morgan fingerprint density at radius 3 is 2.78 bits per heavy atom. The van der Waals surface area contributed by atoms with Gasteiger partial charge in [0.05, 0.1) is 5.92 Å². The van der Waals surface area contributed by atoms with E-state index < -0.39 is 40.6 Å². The van der Waals surface area contributed by atoms with Gasteiger partial charge in [-0.3, -0.25) is 4.79 Å². The van der Waals surface area contributed by atoms with E-state index in [1.54, 1.807) is 13.0 Å². The molecule has 2 fully saturated rings. The Morgan fingerprint density at radius 1 is 1.48 bits per heavy atom. The molecule has 23 heavy (non-hydrogen) atoms. The van der Waals surface area contributed by atoms with Gasteiger partial charge in [-0.25, -0.2) is 4.79 Å². The summed E-state index contributed by atoms with van der Waals surface area (Å²) in [5.74, 6) is -1.77. The molecule has 1 amide bonds. The molecule has 0 unspecified atom stereocenters. The monoisotopic (exact) mass is 325 g/mol. The van der Waals surface area contributed by atoms with E-state index in [-0.39, 0.29) is 6.61 Å². The van der Waals surface area contributed by atoms with Crippen LogP contribution in [0.2, 0.25) is 0 Å². The van der Waals surface area contributed by atoms with E-state index in [0.29, 0.717) is 25.7 Å². The van der Waals surface area contributed by atoms with Crippen molar-refractivity contribution in [1.82, 2.24) is 5.32 Å². The molecule has 7 heteroatoms. The third kappa shape index (κ3) is 2.00. The summed E-state index contributed by atoms with van der Waals surface area (Å²) in [5.41, 5.74) is -4.44. The van der Waals surface area contributed by atoms with Gasteiger partial charge in [-0.15, -0.1) is 0 Å². The molecule has 0 aromatic carbocycles. The van der Waals surface area contributed by atoms with Gasteiger partial charge < -0.3 is 25.4 Å². The van der Waals surface area contributed by atoms with Crippen LogP contribution in [0.3, 0.4) is 0 Å². The summed E-state index contributed by atoms with van der Waals surface area (Å²) in [7, 11) is 0. The molecule has 128 valence electrons. The summed E-state index contributed by atoms with van der Waals surface area (Å²) in [5, 5.41) is 33.2. The molecule has 0 bridgehead atoms. The first-order chi connectivity index (χ1) is 10.8. The van der Waals surface area contributed by atoms with Gasteiger partial charge in [0.25, 0.3) is 0 Å². The molecule has 7 nitrogen and oxygen atoms in total. The van der Waals surface area contributed by atoms with Gasteiger partial charge in [-0.1, -0.05) is 12.2 Å². The highest BCUT2D eigenvalue weighted by atomic mass is 16.6. The number of aliphatic hydroxyl groups is 3. The molecule has 2 heterocycles. The predicted molar refractivity (Wildman–Crippen MR) is 79.1 cm³/mol. The van der Waals surface area contributed by atoms with E-state index >= 15 is 0 Å². The fraction of sp³-hybridized carbons (Fsp3) is 0.750. The molecule has 0 saturated carbocycles. The van der Waals surface area contributed by atoms with Crippen molar-refractivity contribution in [2.45, 2.75) is 61.9 Å². The van der Waals surface area contributed by atoms with E-state index in [1.165, 1.54) is 6.08 Å². The lowest BCUT2D eigenvalue weighted by atomic mass is 9.63. The molecule has 4 N–H and O–H groups in total. The number of carbonyl (C=O) groups excluding carboxylic acids is 2. The van der Waals surface area contributed by atoms with E-state index in [1.807, 2.05) is 0 Å². The van der Waals surface area contributed by atoms with Gasteiger partial charge in [0, 0.05) is 6.61 Å². The number of amides is 1. The van der Waals surface area contributed by atoms with Crippen LogP contribution in [-0.2, 0) is 14.3 Å². The Balaban J connectivity index is 1.96. The summed E-state index contributed by atoms with van der Waals surface area (Å²) in [4.78, 5) is 24.6. The maximum absolute atomic E-state index is 12.4. The number of nitrogens with one attached hydrogen (secondary N) is 1. The van der Waals surface area contributed by atoms with Gasteiger partial charge in [-0.2, -0.15) is 0 Å². The highest BCUT2D eigenvalue weighted by molar-refractivity contribution is 6.02. The first-order valence-electron chi connectivity index (χ1n) is 8.06. The molecule has 1 aliphatic carbocycles. The summed E-state index contributed by atoms with van der Waals surface area (Å²) >= 11 is 0. The van der Waals surface area contributed by atoms with Crippen molar-refractivity contribution >= 4 is 11.9 Å². The average Bonchev–Trinajstić information content (AvgIpc) is 2.69. The topological polar surface area (TPSA) is 116 Å². The van der Waals surface area contributed by atoms with Crippen LogP contribution < -0.4 is 5.32 Å². The lowest BCUT2D eigenvalue weighted by molar-refractivity contribution is -0.249. The molecule has 0 spiro atoms. The van der Waals surface area contributed by atoms with Crippen molar-refractivity contribution in [2.24, 2.45) is 5.92 Å². The molecule has 0 aromatic rings. The molecule has 3 aliphatic rings. The Bertz CT molecular complexity index is 563. The molecule has 2 aliphatic heterocycles. The van der Waals surface area contributed by atoms with Gasteiger partial charge in [0.2, 0.25) is 11.4 Å². The smallest absolute Gasteiger partial charge is 0.339 e. The van der Waals surface area contributed by atoms with Gasteiger partial charge >= 0.3 is 5.97 Å². The van der Waals surface area contributed by atoms with Crippen molar-refractivity contribution < 1.29 is 29.6 Å². The van der Waals surface area contributed by atoms with E-state index in [0.717, 1.165) is 6.42 Å². The average molecular weight is 325 g/mol. The van der Waals surface area contributed by atoms with Crippen LogP contribution in [0.25, 0.3) is 0 Å². The first-order valence-corrected chi connectivity index (χ1v) is 8.06. The van der Waals surface area contributed by atoms with Crippen LogP contribution in [0.4, 0.5) is 0 Å². The van der Waals surface area contributed by atoms with Crippen molar-refractivity contribution in [3.05, 3.63) is 12.2 Å². The van der Waals surface area contributed by atoms with Crippen molar-refractivity contribution in [2.75, 3.05) is 6.61 Å². The number of ether oxygens (including phenoxy) is 1. The molecule has 3 rings (SSSR count). The number of aliphatic hydroxyl groups excluding tert-OH is 2. The lowest BCUT2D eigenvalue weighted by Crippen LogP contribution is -2.82. The van der Waals surface area contributed by atoms with Crippen LogP contribution in [0, 0.1) is 5.92 Å². The van der Waals surface area contributed by atoms with E-state index in [2.05, 4.69) is 5.32 Å². The van der Waals surface area contributed by atoms with E-state index in [9.17, 15) is 19.8 Å². The summed E-state index contributed by atoms with van der Waals surface area (Å²) in [6.45, 7) is 1.53. The van der Waals surface area contributed by atoms with Gasteiger partial charge in [-0.05, 0) is 39.0 Å². The second kappa shape index (κ2) is 5.29. The highest BCUT2D eigenvalue weighted by Gasteiger charge is 2.80. The third-order valence-electron chi connectivity index (χ3n) is 5.60. The van der Waals surface area contributed by atoms with Crippen molar-refractivity contribution in [1.29, 1.82) is 0 Å². The van der Waals surface area contributed by atoms with Crippen molar-refractivity contribution in [3.63, 3.8) is 0 Å². The van der Waals surface area contributed by atoms with E-state index in [4.69, 9.17) is 9.84 Å². The second-order valence-electron chi connectivity index (χ2n) is 6.90. The number of fused-ring (bicyclic) bond motifs is 1. The number of hydrogen-bond acceptors (Lipinski definition) is 6. The summed E-state index contributed by atoms with van der Waals surface area (Å²) < 4.78 is 5.29. The zero-order valence-electron chi connectivity index (χ0n) is 13.1. The number of carbonyl (C=O) groups is 2. The van der Waals surface area contributed by atoms with Crippen LogP contribution in [0.5, 0.6) is 0 Å². The number of allylic oxidation sites excluding steroid dienone is 1. The molecular weight excluding hydrogens is 302 g/mol. The summed E-state index contributed by atoms with van der Waals surface area (Å²) in [6, 6.07) is 0. The number of rotatable bonds is 5. The maximum atomic E-state index is 12.4. The molecule has 0 radical (unpaired) electrons. The molecular formula is C16H23NO6. The van der Waals surface area contributed by atoms with Gasteiger partial charge in [0.15, 0.2) is 5.60 Å². The molecule has 0 aromatic heterocycles. The van der Waals surface area contributed by atoms with Crippen LogP contribution in [0.1, 0.15) is 39.0 Å². The standard InChI is InChI=1S/C16H23NO6/c1-14-10(6-5-9-18)11(19)17-16(14,13(21)23-14)12(20)15(22)7-3-2-4-8-15/h3,7,10,12,18,20,22H,2,4-6,8-9H2,1H3,(H,17,19)/t10-,12+,14-,15-,16-/m0/s1. The Labute approximate surface area is 134 Å². The minimum Gasteiger partial charge on any atom is -0.453 e. The minimum absolute atomic E-state index is 0.0734. The number of hydrogen-bond donors (Lipinski definition) is 4. The molecule has 5 atom stereocenters.